The van der Waals surface area contributed by atoms with Gasteiger partial charge in [-0.3, -0.25) is 9.59 Å². The van der Waals surface area contributed by atoms with E-state index in [2.05, 4.69) is 10.8 Å². The summed E-state index contributed by atoms with van der Waals surface area (Å²) >= 11 is 0. The molecular formula is C31H48N2O6. The van der Waals surface area contributed by atoms with Gasteiger partial charge in [0, 0.05) is 6.08 Å². The van der Waals surface area contributed by atoms with Gasteiger partial charge in [0.05, 0.1) is 13.2 Å². The minimum atomic E-state index is -0.804. The van der Waals surface area contributed by atoms with E-state index < -0.39 is 17.8 Å². The molecule has 8 nitrogen and oxygen atoms in total. The molecule has 3 N–H and O–H groups in total. The first-order chi connectivity index (χ1) is 18.8. The number of nitrogens with one attached hydrogen (secondary N) is 2. The van der Waals surface area contributed by atoms with E-state index in [-0.39, 0.29) is 17.7 Å². The Morgan fingerprint density at radius 1 is 1.00 bits per heavy atom. The van der Waals surface area contributed by atoms with Gasteiger partial charge in [-0.05, 0) is 87.1 Å². The molecule has 2 aliphatic carbocycles. The summed E-state index contributed by atoms with van der Waals surface area (Å²) in [6.45, 7) is 7.51. The highest BCUT2D eigenvalue weighted by atomic mass is 16.8. The van der Waals surface area contributed by atoms with Crippen LogP contribution in [-0.2, 0) is 19.2 Å². The summed E-state index contributed by atoms with van der Waals surface area (Å²) in [5, 5.41) is 14.0. The van der Waals surface area contributed by atoms with Crippen LogP contribution in [0.3, 0.4) is 0 Å². The molecule has 0 radical (unpaired) electrons. The van der Waals surface area contributed by atoms with E-state index in [1.54, 1.807) is 13.0 Å². The van der Waals surface area contributed by atoms with Crippen LogP contribution in [0.2, 0.25) is 0 Å². The van der Waals surface area contributed by atoms with Crippen LogP contribution in [0.5, 0.6) is 5.75 Å². The fourth-order valence-corrected chi connectivity index (χ4v) is 5.93. The molecule has 2 atom stereocenters. The number of ether oxygens (including phenoxy) is 2. The Balaban J connectivity index is 1.42. The van der Waals surface area contributed by atoms with Gasteiger partial charge >= 0.3 is 5.97 Å². The van der Waals surface area contributed by atoms with E-state index >= 15 is 0 Å². The van der Waals surface area contributed by atoms with Gasteiger partial charge in [-0.15, -0.1) is 0 Å². The Hall–Kier alpha value is -2.42. The predicted octanol–water partition coefficient (Wildman–Crippen LogP) is 5.72. The Kier molecular flexibility index (Phi) is 12.8. The maximum absolute atomic E-state index is 12.7. The summed E-state index contributed by atoms with van der Waals surface area (Å²) in [6, 6.07) is 7.49. The summed E-state index contributed by atoms with van der Waals surface area (Å²) in [5.74, 6) is 0.521. The van der Waals surface area contributed by atoms with Crippen molar-refractivity contribution in [1.29, 1.82) is 0 Å². The Labute approximate surface area is 233 Å². The van der Waals surface area contributed by atoms with Crippen molar-refractivity contribution in [3.05, 3.63) is 35.9 Å². The molecule has 0 spiro atoms. The SMILES string of the molecule is CC(C)COC(C)ONC(=O)C=Cc1ccc(OCCCN[C@](C(=O)O)(C2CCCCC2)C2CCCC2)cc1. The number of carboxylic acid groups (broad SMARTS) is 1. The van der Waals surface area contributed by atoms with Crippen LogP contribution in [0.25, 0.3) is 6.08 Å². The minimum absolute atomic E-state index is 0.212. The molecule has 0 bridgehead atoms. The Bertz CT molecular complexity index is 906. The Morgan fingerprint density at radius 2 is 1.62 bits per heavy atom. The van der Waals surface area contributed by atoms with Crippen LogP contribution in [-0.4, -0.2) is 48.6 Å². The first kappa shape index (κ1) is 31.1. The second-order valence-electron chi connectivity index (χ2n) is 11.4. The molecular weight excluding hydrogens is 496 g/mol. The zero-order chi connectivity index (χ0) is 28.1. The second kappa shape index (κ2) is 16.0. The van der Waals surface area contributed by atoms with Crippen molar-refractivity contribution in [2.45, 2.75) is 96.8 Å². The van der Waals surface area contributed by atoms with Crippen LogP contribution in [0.1, 0.15) is 90.5 Å². The van der Waals surface area contributed by atoms with Gasteiger partial charge in [0.2, 0.25) is 0 Å². The maximum atomic E-state index is 12.7. The third-order valence-corrected chi connectivity index (χ3v) is 7.91. The second-order valence-corrected chi connectivity index (χ2v) is 11.4. The molecule has 0 aromatic heterocycles. The summed E-state index contributed by atoms with van der Waals surface area (Å²) < 4.78 is 11.4. The quantitative estimate of drug-likeness (QED) is 0.106. The molecule has 1 aromatic carbocycles. The lowest BCUT2D eigenvalue weighted by atomic mass is 9.67. The van der Waals surface area contributed by atoms with Crippen molar-refractivity contribution in [3.63, 3.8) is 0 Å². The third kappa shape index (κ3) is 9.62. The average Bonchev–Trinajstić information content (AvgIpc) is 3.48. The maximum Gasteiger partial charge on any atom is 0.324 e. The molecule has 0 saturated heterocycles. The topological polar surface area (TPSA) is 106 Å². The third-order valence-electron chi connectivity index (χ3n) is 7.91. The summed E-state index contributed by atoms with van der Waals surface area (Å²) in [6.07, 6.45) is 13.1. The van der Waals surface area contributed by atoms with Crippen molar-refractivity contribution < 1.29 is 29.0 Å². The molecule has 3 rings (SSSR count). The van der Waals surface area contributed by atoms with Gasteiger partial charge in [-0.2, -0.15) is 0 Å². The van der Waals surface area contributed by atoms with Crippen molar-refractivity contribution in [3.8, 4) is 5.75 Å². The number of hydrogen-bond acceptors (Lipinski definition) is 6. The number of rotatable bonds is 16. The van der Waals surface area contributed by atoms with Gasteiger partial charge in [-0.1, -0.05) is 58.1 Å². The van der Waals surface area contributed by atoms with Gasteiger partial charge in [0.25, 0.3) is 5.91 Å². The van der Waals surface area contributed by atoms with Crippen LogP contribution in [0.15, 0.2) is 30.3 Å². The number of amides is 1. The first-order valence-corrected chi connectivity index (χ1v) is 14.8. The molecule has 1 amide bonds. The van der Waals surface area contributed by atoms with Crippen molar-refractivity contribution in [2.24, 2.45) is 17.8 Å². The van der Waals surface area contributed by atoms with Crippen LogP contribution < -0.4 is 15.5 Å². The molecule has 1 unspecified atom stereocenters. The standard InChI is InChI=1S/C31H48N2O6/c1-23(2)22-38-24(3)39-33-29(34)19-16-25-14-17-28(18-15-25)37-21-9-20-32-31(30(35)36,27-12-7-8-13-27)26-10-5-4-6-11-26/h14-19,23-24,26-27,32H,4-13,20-22H2,1-3H3,(H,33,34)(H,35,36)/t24?,31-/m1/s1. The lowest BCUT2D eigenvalue weighted by Gasteiger charge is -2.44. The predicted molar refractivity (Wildman–Crippen MR) is 152 cm³/mol. The smallest absolute Gasteiger partial charge is 0.324 e. The zero-order valence-corrected chi connectivity index (χ0v) is 24.0. The number of carboxylic acids is 1. The largest absolute Gasteiger partial charge is 0.494 e. The van der Waals surface area contributed by atoms with Gasteiger partial charge in [0.1, 0.15) is 11.3 Å². The van der Waals surface area contributed by atoms with E-state index in [1.807, 2.05) is 38.1 Å². The molecule has 218 valence electrons. The lowest BCUT2D eigenvalue weighted by Crippen LogP contribution is -2.62. The number of carbonyl (C=O) groups excluding carboxylic acids is 1. The monoisotopic (exact) mass is 544 g/mol. The fraction of sp³-hybridized carbons (Fsp3) is 0.677. The molecule has 0 heterocycles. The van der Waals surface area contributed by atoms with E-state index in [0.717, 1.165) is 69.1 Å². The summed E-state index contributed by atoms with van der Waals surface area (Å²) in [4.78, 5) is 29.9. The van der Waals surface area contributed by atoms with Gasteiger partial charge < -0.3 is 19.9 Å². The van der Waals surface area contributed by atoms with Crippen LogP contribution in [0, 0.1) is 17.8 Å². The molecule has 2 saturated carbocycles. The number of hydrogen-bond donors (Lipinski definition) is 3. The molecule has 39 heavy (non-hydrogen) atoms. The van der Waals surface area contributed by atoms with Crippen LogP contribution in [0.4, 0.5) is 0 Å². The Morgan fingerprint density at radius 3 is 2.21 bits per heavy atom. The number of aliphatic carboxylic acids is 1. The highest BCUT2D eigenvalue weighted by Crippen LogP contribution is 2.44. The van der Waals surface area contributed by atoms with Gasteiger partial charge in [0.15, 0.2) is 6.29 Å². The molecule has 2 aliphatic rings. The molecule has 2 fully saturated rings. The van der Waals surface area contributed by atoms with Crippen molar-refractivity contribution >= 4 is 18.0 Å². The first-order valence-electron chi connectivity index (χ1n) is 14.8. The van der Waals surface area contributed by atoms with E-state index in [0.29, 0.717) is 25.7 Å². The van der Waals surface area contributed by atoms with Crippen molar-refractivity contribution in [1.82, 2.24) is 10.8 Å². The number of benzene rings is 1. The summed E-state index contributed by atoms with van der Waals surface area (Å²) in [7, 11) is 0. The summed E-state index contributed by atoms with van der Waals surface area (Å²) in [5.41, 5.74) is 2.42. The highest BCUT2D eigenvalue weighted by molar-refractivity contribution is 5.90. The van der Waals surface area contributed by atoms with E-state index in [9.17, 15) is 14.7 Å². The normalized spacial score (nSPS) is 19.3. The lowest BCUT2D eigenvalue weighted by molar-refractivity contribution is -0.180. The van der Waals surface area contributed by atoms with Crippen LogP contribution >= 0.6 is 0 Å². The number of hydroxylamine groups is 1. The fourth-order valence-electron chi connectivity index (χ4n) is 5.93. The number of carbonyl (C=O) groups is 2. The average molecular weight is 545 g/mol. The van der Waals surface area contributed by atoms with Gasteiger partial charge in [-0.25, -0.2) is 10.3 Å². The zero-order valence-electron chi connectivity index (χ0n) is 24.0. The minimum Gasteiger partial charge on any atom is -0.494 e. The highest BCUT2D eigenvalue weighted by Gasteiger charge is 2.51. The van der Waals surface area contributed by atoms with E-state index in [1.165, 1.54) is 12.5 Å². The molecule has 0 aliphatic heterocycles. The van der Waals surface area contributed by atoms with Crippen molar-refractivity contribution in [2.75, 3.05) is 19.8 Å². The molecule has 1 aromatic rings. The van der Waals surface area contributed by atoms with E-state index in [4.69, 9.17) is 14.3 Å². The molecule has 8 heteroatoms.